The molecule has 4 nitrogen and oxygen atoms in total. The van der Waals surface area contributed by atoms with Crippen molar-refractivity contribution >= 4 is 5.82 Å². The van der Waals surface area contributed by atoms with Crippen LogP contribution in [0.3, 0.4) is 0 Å². The van der Waals surface area contributed by atoms with Gasteiger partial charge in [0, 0.05) is 24.7 Å². The smallest absolute Gasteiger partial charge is 0.128 e. The van der Waals surface area contributed by atoms with Gasteiger partial charge in [-0.1, -0.05) is 19.9 Å². The van der Waals surface area contributed by atoms with Gasteiger partial charge in [0.2, 0.25) is 0 Å². The van der Waals surface area contributed by atoms with E-state index in [1.165, 1.54) is 12.8 Å². The van der Waals surface area contributed by atoms with E-state index in [0.717, 1.165) is 24.5 Å². The second kappa shape index (κ2) is 5.02. The molecule has 1 aliphatic rings. The maximum absolute atomic E-state index is 5.15. The van der Waals surface area contributed by atoms with Crippen LogP contribution >= 0.6 is 0 Å². The summed E-state index contributed by atoms with van der Waals surface area (Å²) >= 11 is 0. The summed E-state index contributed by atoms with van der Waals surface area (Å²) in [6, 6.07) is 4.22. The molecule has 2 heterocycles. The highest BCUT2D eigenvalue weighted by Gasteiger charge is 2.22. The number of hydrogen-bond acceptors (Lipinski definition) is 4. The molecule has 0 aromatic carbocycles. The van der Waals surface area contributed by atoms with E-state index in [2.05, 4.69) is 35.9 Å². The van der Waals surface area contributed by atoms with Gasteiger partial charge in [-0.3, -0.25) is 0 Å². The summed E-state index contributed by atoms with van der Waals surface area (Å²) in [5, 5.41) is 0. The Balaban J connectivity index is 2.12. The summed E-state index contributed by atoms with van der Waals surface area (Å²) in [6.07, 6.45) is 4.48. The number of hydrogen-bond donors (Lipinski definition) is 1. The van der Waals surface area contributed by atoms with E-state index in [4.69, 9.17) is 10.7 Å². The molecule has 1 fully saturated rings. The molecule has 1 aliphatic heterocycles. The van der Waals surface area contributed by atoms with Crippen LogP contribution in [-0.4, -0.2) is 24.7 Å². The van der Waals surface area contributed by atoms with Crippen LogP contribution in [0.2, 0.25) is 0 Å². The minimum absolute atomic E-state index is 0.0920. The molecular weight excluding hydrogens is 214 g/mol. The topological polar surface area (TPSA) is 51.4 Å². The number of anilines is 1. The van der Waals surface area contributed by atoms with Crippen LogP contribution in [-0.2, 0) is 10.3 Å². The zero-order chi connectivity index (χ0) is 12.3. The highest BCUT2D eigenvalue weighted by atomic mass is 16.6. The second-order valence-electron chi connectivity index (χ2n) is 5.29. The van der Waals surface area contributed by atoms with Crippen molar-refractivity contribution in [1.29, 1.82) is 0 Å². The van der Waals surface area contributed by atoms with Crippen LogP contribution in [0.4, 0.5) is 5.82 Å². The largest absolute Gasteiger partial charge is 0.357 e. The first kappa shape index (κ1) is 12.3. The average Bonchev–Trinajstić information content (AvgIpc) is 2.82. The first-order chi connectivity index (χ1) is 8.13. The highest BCUT2D eigenvalue weighted by molar-refractivity contribution is 5.41. The lowest BCUT2D eigenvalue weighted by Gasteiger charge is -2.24. The van der Waals surface area contributed by atoms with Gasteiger partial charge < -0.3 is 9.74 Å². The lowest BCUT2D eigenvalue weighted by molar-refractivity contribution is 0.0963. The summed E-state index contributed by atoms with van der Waals surface area (Å²) in [6.45, 7) is 6.96. The van der Waals surface area contributed by atoms with Crippen LogP contribution in [0, 0.1) is 0 Å². The minimum atomic E-state index is -0.0920. The van der Waals surface area contributed by atoms with Gasteiger partial charge in [0.1, 0.15) is 5.82 Å². The Morgan fingerprint density at radius 2 is 2.06 bits per heavy atom. The van der Waals surface area contributed by atoms with Crippen molar-refractivity contribution in [2.75, 3.05) is 24.6 Å². The fraction of sp³-hybridized carbons (Fsp3) is 0.615. The number of pyridine rings is 1. The van der Waals surface area contributed by atoms with Gasteiger partial charge in [0.05, 0.1) is 6.61 Å². The molecule has 0 saturated carbocycles. The fourth-order valence-corrected chi connectivity index (χ4v) is 2.21. The van der Waals surface area contributed by atoms with Gasteiger partial charge in [-0.05, 0) is 24.5 Å². The van der Waals surface area contributed by atoms with Crippen molar-refractivity contribution in [2.45, 2.75) is 32.1 Å². The Bertz CT molecular complexity index is 355. The van der Waals surface area contributed by atoms with E-state index < -0.39 is 0 Å². The monoisotopic (exact) mass is 235 g/mol. The molecule has 2 rings (SSSR count). The summed E-state index contributed by atoms with van der Waals surface area (Å²) in [7, 11) is 0. The normalized spacial score (nSPS) is 16.5. The van der Waals surface area contributed by atoms with Crippen molar-refractivity contribution in [3.8, 4) is 0 Å². The molecule has 1 aromatic heterocycles. The lowest BCUT2D eigenvalue weighted by atomic mass is 9.87. The standard InChI is InChI=1S/C13H21N3O/c1-13(2,10-17-14)11-5-6-12(15-9-11)16-7-3-4-8-16/h5-6,9H,3-4,7-8,10,14H2,1-2H3. The Kier molecular flexibility index (Phi) is 3.64. The quantitative estimate of drug-likeness (QED) is 0.809. The molecule has 0 aliphatic carbocycles. The highest BCUT2D eigenvalue weighted by Crippen LogP contribution is 2.25. The molecule has 17 heavy (non-hydrogen) atoms. The third-order valence-electron chi connectivity index (χ3n) is 3.40. The molecule has 0 bridgehead atoms. The minimum Gasteiger partial charge on any atom is -0.357 e. The van der Waals surface area contributed by atoms with E-state index in [1.54, 1.807) is 0 Å². The average molecular weight is 235 g/mol. The van der Waals surface area contributed by atoms with Gasteiger partial charge in [-0.15, -0.1) is 0 Å². The van der Waals surface area contributed by atoms with Gasteiger partial charge in [0.15, 0.2) is 0 Å². The summed E-state index contributed by atoms with van der Waals surface area (Å²) < 4.78 is 0. The molecule has 4 heteroatoms. The Hall–Kier alpha value is -1.13. The van der Waals surface area contributed by atoms with Crippen molar-refractivity contribution < 1.29 is 4.84 Å². The zero-order valence-corrected chi connectivity index (χ0v) is 10.6. The van der Waals surface area contributed by atoms with Gasteiger partial charge in [-0.25, -0.2) is 10.9 Å². The maximum atomic E-state index is 5.15. The van der Waals surface area contributed by atoms with Gasteiger partial charge in [-0.2, -0.15) is 0 Å². The number of nitrogens with two attached hydrogens (primary N) is 1. The third kappa shape index (κ3) is 2.76. The number of rotatable bonds is 4. The molecule has 0 radical (unpaired) electrons. The Morgan fingerprint density at radius 3 is 2.59 bits per heavy atom. The molecule has 0 amide bonds. The van der Waals surface area contributed by atoms with Gasteiger partial charge >= 0.3 is 0 Å². The van der Waals surface area contributed by atoms with Crippen molar-refractivity contribution in [3.05, 3.63) is 23.9 Å². The van der Waals surface area contributed by atoms with Crippen molar-refractivity contribution in [3.63, 3.8) is 0 Å². The molecule has 0 atom stereocenters. The zero-order valence-electron chi connectivity index (χ0n) is 10.6. The number of aromatic nitrogens is 1. The van der Waals surface area contributed by atoms with E-state index in [-0.39, 0.29) is 5.41 Å². The van der Waals surface area contributed by atoms with Crippen molar-refractivity contribution in [2.24, 2.45) is 5.90 Å². The van der Waals surface area contributed by atoms with E-state index in [9.17, 15) is 0 Å². The molecule has 1 saturated heterocycles. The van der Waals surface area contributed by atoms with E-state index >= 15 is 0 Å². The van der Waals surface area contributed by atoms with Crippen LogP contribution < -0.4 is 10.8 Å². The predicted octanol–water partition coefficient (Wildman–Crippen LogP) is 1.85. The third-order valence-corrected chi connectivity index (χ3v) is 3.40. The molecule has 0 spiro atoms. The summed E-state index contributed by atoms with van der Waals surface area (Å²) in [5.74, 6) is 6.23. The van der Waals surface area contributed by atoms with Crippen LogP contribution in [0.5, 0.6) is 0 Å². The molecule has 0 unspecified atom stereocenters. The van der Waals surface area contributed by atoms with Crippen LogP contribution in [0.1, 0.15) is 32.3 Å². The molecule has 94 valence electrons. The van der Waals surface area contributed by atoms with Crippen LogP contribution in [0.25, 0.3) is 0 Å². The fourth-order valence-electron chi connectivity index (χ4n) is 2.21. The second-order valence-corrected chi connectivity index (χ2v) is 5.29. The maximum Gasteiger partial charge on any atom is 0.128 e. The Labute approximate surface area is 103 Å². The SMILES string of the molecule is CC(C)(CON)c1ccc(N2CCCC2)nc1. The first-order valence-corrected chi connectivity index (χ1v) is 6.17. The van der Waals surface area contributed by atoms with Gasteiger partial charge in [0.25, 0.3) is 0 Å². The summed E-state index contributed by atoms with van der Waals surface area (Å²) in [4.78, 5) is 11.6. The first-order valence-electron chi connectivity index (χ1n) is 6.17. The summed E-state index contributed by atoms with van der Waals surface area (Å²) in [5.41, 5.74) is 1.07. The number of nitrogens with zero attached hydrogens (tertiary/aromatic N) is 2. The molecule has 1 aromatic rings. The van der Waals surface area contributed by atoms with E-state index in [0.29, 0.717) is 6.61 Å². The lowest BCUT2D eigenvalue weighted by Crippen LogP contribution is -2.27. The molecule has 2 N–H and O–H groups in total. The Morgan fingerprint density at radius 1 is 1.35 bits per heavy atom. The van der Waals surface area contributed by atoms with Crippen LogP contribution in [0.15, 0.2) is 18.3 Å². The molecular formula is C13H21N3O. The van der Waals surface area contributed by atoms with E-state index in [1.807, 2.05) is 6.20 Å². The predicted molar refractivity (Wildman–Crippen MR) is 68.8 cm³/mol. The van der Waals surface area contributed by atoms with Crippen molar-refractivity contribution in [1.82, 2.24) is 4.98 Å².